The lowest BCUT2D eigenvalue weighted by molar-refractivity contribution is 0.217. The molecule has 0 aliphatic carbocycles. The molecule has 100 valence electrons. The highest BCUT2D eigenvalue weighted by molar-refractivity contribution is 5.49. The summed E-state index contributed by atoms with van der Waals surface area (Å²) in [5, 5.41) is 3.20. The van der Waals surface area contributed by atoms with Crippen LogP contribution in [-0.2, 0) is 0 Å². The Balaban J connectivity index is 1.92. The third-order valence-corrected chi connectivity index (χ3v) is 3.48. The minimum absolute atomic E-state index is 0.222. The fourth-order valence-corrected chi connectivity index (χ4v) is 2.46. The van der Waals surface area contributed by atoms with Crippen LogP contribution in [0.25, 0.3) is 0 Å². The molecule has 0 radical (unpaired) electrons. The van der Waals surface area contributed by atoms with E-state index in [2.05, 4.69) is 17.3 Å². The predicted molar refractivity (Wildman–Crippen MR) is 71.7 cm³/mol. The fraction of sp³-hybridized carbons (Fsp3) is 0.571. The van der Waals surface area contributed by atoms with Crippen LogP contribution in [0.15, 0.2) is 18.2 Å². The van der Waals surface area contributed by atoms with Gasteiger partial charge < -0.3 is 15.0 Å². The van der Waals surface area contributed by atoms with E-state index in [0.29, 0.717) is 17.4 Å². The van der Waals surface area contributed by atoms with Crippen molar-refractivity contribution in [2.45, 2.75) is 12.8 Å². The molecule has 0 aromatic heterocycles. The Morgan fingerprint density at radius 1 is 1.50 bits per heavy atom. The highest BCUT2D eigenvalue weighted by Crippen LogP contribution is 2.22. The second kappa shape index (κ2) is 6.05. The maximum absolute atomic E-state index is 13.6. The number of hydrogen-bond donors (Lipinski definition) is 1. The summed E-state index contributed by atoms with van der Waals surface area (Å²) in [5.41, 5.74) is 0.530. The predicted octanol–water partition coefficient (Wildman–Crippen LogP) is 2.59. The van der Waals surface area contributed by atoms with Gasteiger partial charge in [0.2, 0.25) is 0 Å². The molecule has 2 rings (SSSR count). The zero-order valence-electron chi connectivity index (χ0n) is 11.1. The number of halogens is 1. The normalized spacial score (nSPS) is 20.7. The third-order valence-electron chi connectivity index (χ3n) is 3.48. The number of nitrogens with zero attached hydrogens (tertiary/aromatic N) is 1. The molecule has 0 bridgehead atoms. The molecular formula is C14H21FN2O. The second-order valence-electron chi connectivity index (χ2n) is 5.00. The highest BCUT2D eigenvalue weighted by atomic mass is 19.1. The number of nitrogens with one attached hydrogen (secondary N) is 1. The first-order valence-electron chi connectivity index (χ1n) is 6.45. The Morgan fingerprint density at radius 3 is 3.06 bits per heavy atom. The molecule has 1 aliphatic rings. The second-order valence-corrected chi connectivity index (χ2v) is 5.00. The zero-order chi connectivity index (χ0) is 13.0. The molecule has 1 aliphatic heterocycles. The molecule has 1 aromatic carbocycles. The third kappa shape index (κ3) is 3.35. The molecule has 1 saturated heterocycles. The average molecular weight is 252 g/mol. The van der Waals surface area contributed by atoms with Crippen LogP contribution in [0, 0.1) is 11.7 Å². The van der Waals surface area contributed by atoms with Gasteiger partial charge >= 0.3 is 0 Å². The van der Waals surface area contributed by atoms with Crippen molar-refractivity contribution in [1.29, 1.82) is 0 Å². The first kappa shape index (κ1) is 13.1. The minimum Gasteiger partial charge on any atom is -0.497 e. The topological polar surface area (TPSA) is 24.5 Å². The van der Waals surface area contributed by atoms with E-state index in [1.54, 1.807) is 19.2 Å². The lowest BCUT2D eigenvalue weighted by atomic mass is 9.98. The number of hydrogen-bond acceptors (Lipinski definition) is 3. The molecule has 1 fully saturated rings. The average Bonchev–Trinajstić information content (AvgIpc) is 2.38. The molecule has 4 heteroatoms. The molecule has 0 saturated carbocycles. The van der Waals surface area contributed by atoms with Crippen LogP contribution in [0.1, 0.15) is 12.8 Å². The number of rotatable bonds is 4. The van der Waals surface area contributed by atoms with Crippen LogP contribution < -0.4 is 10.1 Å². The van der Waals surface area contributed by atoms with E-state index >= 15 is 0 Å². The number of benzene rings is 1. The van der Waals surface area contributed by atoms with Gasteiger partial charge in [0.1, 0.15) is 11.6 Å². The summed E-state index contributed by atoms with van der Waals surface area (Å²) >= 11 is 0. The van der Waals surface area contributed by atoms with Gasteiger partial charge in [-0.2, -0.15) is 0 Å². The summed E-state index contributed by atoms with van der Waals surface area (Å²) < 4.78 is 18.7. The van der Waals surface area contributed by atoms with Gasteiger partial charge in [-0.15, -0.1) is 0 Å². The summed E-state index contributed by atoms with van der Waals surface area (Å²) in [6.07, 6.45) is 2.44. The van der Waals surface area contributed by atoms with Gasteiger partial charge in [-0.3, -0.25) is 0 Å². The summed E-state index contributed by atoms with van der Waals surface area (Å²) in [6, 6.07) is 4.78. The van der Waals surface area contributed by atoms with E-state index in [-0.39, 0.29) is 5.82 Å². The summed E-state index contributed by atoms with van der Waals surface area (Å²) in [7, 11) is 3.73. The van der Waals surface area contributed by atoms with Crippen molar-refractivity contribution >= 4 is 5.69 Å². The zero-order valence-corrected chi connectivity index (χ0v) is 11.1. The molecule has 3 nitrogen and oxygen atoms in total. The van der Waals surface area contributed by atoms with Gasteiger partial charge in [0, 0.05) is 19.2 Å². The number of ether oxygens (including phenoxy) is 1. The number of methoxy groups -OCH3 is 1. The molecule has 1 atom stereocenters. The lowest BCUT2D eigenvalue weighted by Gasteiger charge is -2.30. The fourth-order valence-electron chi connectivity index (χ4n) is 2.46. The van der Waals surface area contributed by atoms with E-state index < -0.39 is 0 Å². The van der Waals surface area contributed by atoms with Crippen molar-refractivity contribution in [2.24, 2.45) is 5.92 Å². The first-order valence-corrected chi connectivity index (χ1v) is 6.45. The van der Waals surface area contributed by atoms with Crippen molar-refractivity contribution in [3.63, 3.8) is 0 Å². The van der Waals surface area contributed by atoms with Gasteiger partial charge in [-0.25, -0.2) is 4.39 Å². The van der Waals surface area contributed by atoms with Crippen LogP contribution in [0.5, 0.6) is 5.75 Å². The largest absolute Gasteiger partial charge is 0.497 e. The molecule has 1 N–H and O–H groups in total. The Morgan fingerprint density at radius 2 is 2.33 bits per heavy atom. The van der Waals surface area contributed by atoms with Gasteiger partial charge in [0.15, 0.2) is 0 Å². The first-order chi connectivity index (χ1) is 8.69. The molecule has 1 aromatic rings. The van der Waals surface area contributed by atoms with E-state index in [4.69, 9.17) is 4.74 Å². The Bertz CT molecular complexity index is 397. The number of anilines is 1. The van der Waals surface area contributed by atoms with Crippen molar-refractivity contribution in [3.05, 3.63) is 24.0 Å². The van der Waals surface area contributed by atoms with Crippen LogP contribution in [-0.4, -0.2) is 38.7 Å². The highest BCUT2D eigenvalue weighted by Gasteiger charge is 2.17. The van der Waals surface area contributed by atoms with Crippen LogP contribution in [0.4, 0.5) is 10.1 Å². The summed E-state index contributed by atoms with van der Waals surface area (Å²) in [6.45, 7) is 3.07. The van der Waals surface area contributed by atoms with Crippen LogP contribution in [0.2, 0.25) is 0 Å². The van der Waals surface area contributed by atoms with Crippen molar-refractivity contribution in [2.75, 3.05) is 39.1 Å². The van der Waals surface area contributed by atoms with Crippen molar-refractivity contribution in [1.82, 2.24) is 4.90 Å². The Hall–Kier alpha value is -1.29. The van der Waals surface area contributed by atoms with Crippen molar-refractivity contribution in [3.8, 4) is 5.75 Å². The summed E-state index contributed by atoms with van der Waals surface area (Å²) in [5.74, 6) is 1.05. The monoisotopic (exact) mass is 252 g/mol. The van der Waals surface area contributed by atoms with Gasteiger partial charge in [0.25, 0.3) is 0 Å². The van der Waals surface area contributed by atoms with Crippen LogP contribution in [0.3, 0.4) is 0 Å². The van der Waals surface area contributed by atoms with E-state index in [9.17, 15) is 4.39 Å². The molecular weight excluding hydrogens is 231 g/mol. The maximum Gasteiger partial charge on any atom is 0.146 e. The number of likely N-dealkylation sites (tertiary alicyclic amines) is 1. The number of piperidine rings is 1. The molecule has 0 spiro atoms. The van der Waals surface area contributed by atoms with Crippen LogP contribution >= 0.6 is 0 Å². The SMILES string of the molecule is COc1ccc(F)c(NCC2CCCN(C)C2)c1. The van der Waals surface area contributed by atoms with Gasteiger partial charge in [0.05, 0.1) is 12.8 Å². The Kier molecular flexibility index (Phi) is 4.42. The molecule has 0 amide bonds. The van der Waals surface area contributed by atoms with Gasteiger partial charge in [-0.05, 0) is 44.5 Å². The molecule has 18 heavy (non-hydrogen) atoms. The van der Waals surface area contributed by atoms with E-state index in [0.717, 1.165) is 13.1 Å². The van der Waals surface area contributed by atoms with E-state index in [1.165, 1.54) is 25.5 Å². The quantitative estimate of drug-likeness (QED) is 0.891. The molecule has 1 unspecified atom stereocenters. The maximum atomic E-state index is 13.6. The smallest absolute Gasteiger partial charge is 0.146 e. The Labute approximate surface area is 108 Å². The standard InChI is InChI=1S/C14H21FN2O/c1-17-7-3-4-11(10-17)9-16-14-8-12(18-2)5-6-13(14)15/h5-6,8,11,16H,3-4,7,9-10H2,1-2H3. The van der Waals surface area contributed by atoms with Gasteiger partial charge in [-0.1, -0.05) is 0 Å². The molecule has 1 heterocycles. The van der Waals surface area contributed by atoms with Crippen molar-refractivity contribution < 1.29 is 9.13 Å². The minimum atomic E-state index is -0.222. The summed E-state index contributed by atoms with van der Waals surface area (Å²) in [4.78, 5) is 2.33. The lowest BCUT2D eigenvalue weighted by Crippen LogP contribution is -2.35. The van der Waals surface area contributed by atoms with E-state index in [1.807, 2.05) is 0 Å².